The number of benzene rings is 2. The van der Waals surface area contributed by atoms with Gasteiger partial charge in [-0.1, -0.05) is 30.3 Å². The summed E-state index contributed by atoms with van der Waals surface area (Å²) < 4.78 is 5.10. The number of carboxylic acids is 1. The lowest BCUT2D eigenvalue weighted by atomic mass is 10.1. The van der Waals surface area contributed by atoms with Crippen LogP contribution >= 0.6 is 0 Å². The van der Waals surface area contributed by atoms with E-state index in [4.69, 9.17) is 9.84 Å². The van der Waals surface area contributed by atoms with Crippen LogP contribution in [-0.4, -0.2) is 42.5 Å². The van der Waals surface area contributed by atoms with Crippen LogP contribution in [0.15, 0.2) is 59.6 Å². The largest absolute Gasteiger partial charge is 0.482 e. The van der Waals surface area contributed by atoms with Gasteiger partial charge in [0.1, 0.15) is 5.75 Å². The molecule has 1 aliphatic rings. The Balaban J connectivity index is 1.66. The molecule has 0 spiro atoms. The highest BCUT2D eigenvalue weighted by atomic mass is 16.5. The van der Waals surface area contributed by atoms with E-state index in [1.54, 1.807) is 24.3 Å². The van der Waals surface area contributed by atoms with Gasteiger partial charge in [0.15, 0.2) is 18.3 Å². The number of carboxylic acid groups (broad SMARTS) is 1. The third-order valence-electron chi connectivity index (χ3n) is 3.73. The van der Waals surface area contributed by atoms with E-state index in [1.807, 2.05) is 24.3 Å². The van der Waals surface area contributed by atoms with Crippen molar-refractivity contribution >= 4 is 29.5 Å². The van der Waals surface area contributed by atoms with E-state index in [1.165, 1.54) is 12.1 Å². The maximum Gasteiger partial charge on any atom is 0.341 e. The summed E-state index contributed by atoms with van der Waals surface area (Å²) in [6.45, 7) is 1.13. The summed E-state index contributed by atoms with van der Waals surface area (Å²) in [7, 11) is 0. The molecule has 0 saturated heterocycles. The van der Waals surface area contributed by atoms with Crippen LogP contribution in [0.4, 0.5) is 5.69 Å². The number of aliphatic carboxylic acids is 1. The predicted octanol–water partition coefficient (Wildman–Crippen LogP) is 2.42. The molecule has 2 aromatic carbocycles. The summed E-state index contributed by atoms with van der Waals surface area (Å²) in [5, 5.41) is 15.0. The number of nitrogens with zero attached hydrogens (tertiary/aromatic N) is 1. The zero-order chi connectivity index (χ0) is 19.1. The molecule has 7 heteroatoms. The van der Waals surface area contributed by atoms with Crippen LogP contribution in [0.3, 0.4) is 0 Å². The number of nitrogens with one attached hydrogen (secondary N) is 2. The summed E-state index contributed by atoms with van der Waals surface area (Å²) in [5.41, 5.74) is 2.17. The molecule has 0 saturated carbocycles. The molecule has 0 atom stereocenters. The first-order valence-corrected chi connectivity index (χ1v) is 8.43. The second-order valence-corrected chi connectivity index (χ2v) is 5.82. The molecule has 3 N–H and O–H groups in total. The fraction of sp³-hybridized carbons (Fsp3) is 0.150. The van der Waals surface area contributed by atoms with E-state index in [2.05, 4.69) is 15.6 Å². The van der Waals surface area contributed by atoms with E-state index < -0.39 is 12.6 Å². The number of ether oxygens (including phenoxy) is 1. The molecule has 0 fully saturated rings. The summed E-state index contributed by atoms with van der Waals surface area (Å²) in [6, 6.07) is 14.1. The fourth-order valence-electron chi connectivity index (χ4n) is 2.49. The van der Waals surface area contributed by atoms with E-state index in [-0.39, 0.29) is 5.78 Å². The molecule has 0 unspecified atom stereocenters. The molecular weight excluding hydrogens is 346 g/mol. The minimum Gasteiger partial charge on any atom is -0.482 e. The highest BCUT2D eigenvalue weighted by Gasteiger charge is 2.06. The number of hydrogen-bond donors (Lipinski definition) is 3. The van der Waals surface area contributed by atoms with Gasteiger partial charge in [-0.25, -0.2) is 4.79 Å². The molecule has 2 aromatic rings. The van der Waals surface area contributed by atoms with Gasteiger partial charge in [0.25, 0.3) is 0 Å². The van der Waals surface area contributed by atoms with Crippen LogP contribution in [-0.2, 0) is 4.79 Å². The molecule has 7 nitrogen and oxygen atoms in total. The molecule has 3 rings (SSSR count). The first-order valence-electron chi connectivity index (χ1n) is 8.43. The Kier molecular flexibility index (Phi) is 5.84. The average molecular weight is 365 g/mol. The Bertz CT molecular complexity index is 906. The first-order chi connectivity index (χ1) is 13.1. The lowest BCUT2D eigenvalue weighted by molar-refractivity contribution is -0.139. The van der Waals surface area contributed by atoms with Gasteiger partial charge in [0, 0.05) is 17.8 Å². The molecule has 0 amide bonds. The Labute approximate surface area is 156 Å². The van der Waals surface area contributed by atoms with Crippen LogP contribution < -0.4 is 15.4 Å². The van der Waals surface area contributed by atoms with E-state index >= 15 is 0 Å². The third kappa shape index (κ3) is 5.43. The number of allylic oxidation sites excluding steroid dienone is 1. The summed E-state index contributed by atoms with van der Waals surface area (Å²) in [5.74, 6) is -0.187. The van der Waals surface area contributed by atoms with E-state index in [0.717, 1.165) is 30.3 Å². The van der Waals surface area contributed by atoms with Gasteiger partial charge in [0.05, 0.1) is 6.54 Å². The van der Waals surface area contributed by atoms with Gasteiger partial charge in [-0.3, -0.25) is 9.79 Å². The minimum atomic E-state index is -1.07. The van der Waals surface area contributed by atoms with Crippen molar-refractivity contribution in [3.05, 3.63) is 65.7 Å². The molecule has 0 bridgehead atoms. The van der Waals surface area contributed by atoms with Gasteiger partial charge in [-0.05, 0) is 35.9 Å². The number of carbonyl (C=O) groups is 2. The number of rotatable bonds is 7. The van der Waals surface area contributed by atoms with Crippen molar-refractivity contribution in [2.45, 2.75) is 0 Å². The van der Waals surface area contributed by atoms with Crippen molar-refractivity contribution in [3.8, 4) is 5.75 Å². The van der Waals surface area contributed by atoms with Crippen LogP contribution in [0.1, 0.15) is 15.9 Å². The predicted molar refractivity (Wildman–Crippen MR) is 103 cm³/mol. The second kappa shape index (κ2) is 8.66. The molecule has 0 aliphatic carbocycles. The lowest BCUT2D eigenvalue weighted by Crippen LogP contribution is -2.26. The first kappa shape index (κ1) is 18.2. The quantitative estimate of drug-likeness (QED) is 0.515. The lowest BCUT2D eigenvalue weighted by Gasteiger charge is -2.07. The van der Waals surface area contributed by atoms with Crippen molar-refractivity contribution < 1.29 is 19.4 Å². The van der Waals surface area contributed by atoms with Crippen molar-refractivity contribution in [2.75, 3.05) is 25.0 Å². The number of aliphatic imine (C=N–C) groups is 1. The SMILES string of the molecule is O=C(O)COc1cccc(C(=O)/C=C/c2cccc(NC3=NCCN3)c2)c1. The summed E-state index contributed by atoms with van der Waals surface area (Å²) >= 11 is 0. The number of hydrogen-bond acceptors (Lipinski definition) is 6. The minimum absolute atomic E-state index is 0.198. The molecule has 1 heterocycles. The molecule has 27 heavy (non-hydrogen) atoms. The number of anilines is 1. The van der Waals surface area contributed by atoms with Crippen LogP contribution in [0.25, 0.3) is 6.08 Å². The van der Waals surface area contributed by atoms with Gasteiger partial charge >= 0.3 is 5.97 Å². The number of carbonyl (C=O) groups excluding carboxylic acids is 1. The van der Waals surface area contributed by atoms with Crippen LogP contribution in [0.5, 0.6) is 5.75 Å². The molecule has 1 aliphatic heterocycles. The zero-order valence-corrected chi connectivity index (χ0v) is 14.5. The van der Waals surface area contributed by atoms with Gasteiger partial charge in [-0.15, -0.1) is 0 Å². The molecule has 0 radical (unpaired) electrons. The smallest absolute Gasteiger partial charge is 0.341 e. The third-order valence-corrected chi connectivity index (χ3v) is 3.73. The monoisotopic (exact) mass is 365 g/mol. The van der Waals surface area contributed by atoms with Crippen molar-refractivity contribution in [1.82, 2.24) is 5.32 Å². The standard InChI is InChI=1S/C20H19N3O4/c24-18(15-4-2-6-17(12-15)27-13-19(25)26)8-7-14-3-1-5-16(11-14)23-20-21-9-10-22-20/h1-8,11-12H,9-10,13H2,(H,25,26)(H2,21,22,23)/b8-7+. The van der Waals surface area contributed by atoms with Crippen molar-refractivity contribution in [3.63, 3.8) is 0 Å². The second-order valence-electron chi connectivity index (χ2n) is 5.82. The van der Waals surface area contributed by atoms with Gasteiger partial charge in [0.2, 0.25) is 0 Å². The Morgan fingerprint density at radius 1 is 1.22 bits per heavy atom. The highest BCUT2D eigenvalue weighted by Crippen LogP contribution is 2.16. The number of ketones is 1. The maximum absolute atomic E-state index is 12.4. The molecule has 138 valence electrons. The topological polar surface area (TPSA) is 100 Å². The Morgan fingerprint density at radius 3 is 2.85 bits per heavy atom. The van der Waals surface area contributed by atoms with Gasteiger partial charge in [-0.2, -0.15) is 0 Å². The van der Waals surface area contributed by atoms with Crippen molar-refractivity contribution in [1.29, 1.82) is 0 Å². The van der Waals surface area contributed by atoms with Crippen LogP contribution in [0, 0.1) is 0 Å². The normalized spacial score (nSPS) is 13.1. The van der Waals surface area contributed by atoms with Gasteiger partial charge < -0.3 is 20.5 Å². The van der Waals surface area contributed by atoms with Crippen LogP contribution in [0.2, 0.25) is 0 Å². The summed E-state index contributed by atoms with van der Waals surface area (Å²) in [6.07, 6.45) is 3.20. The zero-order valence-electron chi connectivity index (χ0n) is 14.5. The average Bonchev–Trinajstić information content (AvgIpc) is 3.18. The molecular formula is C20H19N3O4. The highest BCUT2D eigenvalue weighted by molar-refractivity contribution is 6.07. The fourth-order valence-corrected chi connectivity index (χ4v) is 2.49. The Hall–Kier alpha value is -3.61. The van der Waals surface area contributed by atoms with Crippen molar-refractivity contribution in [2.24, 2.45) is 4.99 Å². The number of guanidine groups is 1. The summed E-state index contributed by atoms with van der Waals surface area (Å²) in [4.78, 5) is 27.2. The Morgan fingerprint density at radius 2 is 2.07 bits per heavy atom. The molecule has 0 aromatic heterocycles. The van der Waals surface area contributed by atoms with E-state index in [0.29, 0.717) is 11.3 Å². The van der Waals surface area contributed by atoms with E-state index in [9.17, 15) is 9.59 Å². The maximum atomic E-state index is 12.4.